The van der Waals surface area contributed by atoms with Crippen LogP contribution in [-0.2, 0) is 32.8 Å². The topological polar surface area (TPSA) is 126 Å². The first-order chi connectivity index (χ1) is 16.6. The van der Waals surface area contributed by atoms with E-state index in [0.717, 1.165) is 5.56 Å². The Morgan fingerprint density at radius 2 is 2.00 bits per heavy atom. The van der Waals surface area contributed by atoms with Crippen LogP contribution in [0.1, 0.15) is 43.3 Å². The number of ether oxygens (including phenoxy) is 2. The molecule has 11 nitrogen and oxygen atoms in total. The number of aryl methyl sites for hydroxylation is 1. The van der Waals surface area contributed by atoms with E-state index in [1.807, 2.05) is 37.3 Å². The summed E-state index contributed by atoms with van der Waals surface area (Å²) in [5, 5.41) is 18.6. The third-order valence-electron chi connectivity index (χ3n) is 4.78. The van der Waals surface area contributed by atoms with Crippen molar-refractivity contribution in [2.45, 2.75) is 39.1 Å². The Labute approximate surface area is 198 Å². The highest BCUT2D eigenvalue weighted by Crippen LogP contribution is 2.12. The van der Waals surface area contributed by atoms with Gasteiger partial charge in [0.05, 0.1) is 5.69 Å². The van der Waals surface area contributed by atoms with Crippen LogP contribution in [-0.4, -0.2) is 56.8 Å². The summed E-state index contributed by atoms with van der Waals surface area (Å²) in [6.45, 7) is 2.58. The second-order valence-electron chi connectivity index (χ2n) is 7.28. The van der Waals surface area contributed by atoms with Crippen LogP contribution in [0.4, 0.5) is 5.82 Å². The fourth-order valence-corrected chi connectivity index (χ4v) is 3.13. The number of carbonyl (C=O) groups is 1. The molecule has 1 unspecified atom stereocenters. The van der Waals surface area contributed by atoms with Gasteiger partial charge in [0.2, 0.25) is 11.7 Å². The summed E-state index contributed by atoms with van der Waals surface area (Å²) in [6, 6.07) is 14.8. The number of hydrogen-bond donors (Lipinski definition) is 1. The largest absolute Gasteiger partial charge is 0.389 e. The quantitative estimate of drug-likeness (QED) is 0.231. The molecule has 1 aromatic carbocycles. The van der Waals surface area contributed by atoms with Crippen LogP contribution in [0, 0.1) is 0 Å². The van der Waals surface area contributed by atoms with Gasteiger partial charge in [0, 0.05) is 32.7 Å². The fourth-order valence-electron chi connectivity index (χ4n) is 3.13. The molecule has 34 heavy (non-hydrogen) atoms. The van der Waals surface area contributed by atoms with E-state index >= 15 is 0 Å². The van der Waals surface area contributed by atoms with E-state index in [1.54, 1.807) is 32.4 Å². The van der Waals surface area contributed by atoms with E-state index in [9.17, 15) is 4.79 Å². The molecule has 3 aromatic rings. The van der Waals surface area contributed by atoms with Crippen molar-refractivity contribution in [3.8, 4) is 0 Å². The van der Waals surface area contributed by atoms with Crippen LogP contribution >= 0.6 is 0 Å². The third-order valence-corrected chi connectivity index (χ3v) is 4.78. The smallest absolute Gasteiger partial charge is 0.225 e. The van der Waals surface area contributed by atoms with E-state index in [4.69, 9.17) is 14.3 Å². The molecule has 0 saturated heterocycles. The van der Waals surface area contributed by atoms with Crippen LogP contribution in [0.15, 0.2) is 53.7 Å². The van der Waals surface area contributed by atoms with Gasteiger partial charge < -0.3 is 19.6 Å². The van der Waals surface area contributed by atoms with Gasteiger partial charge in [-0.25, -0.2) is 9.67 Å². The van der Waals surface area contributed by atoms with Crippen molar-refractivity contribution in [3.63, 3.8) is 0 Å². The average molecular weight is 468 g/mol. The van der Waals surface area contributed by atoms with E-state index in [1.165, 1.54) is 4.68 Å². The van der Waals surface area contributed by atoms with Crippen molar-refractivity contribution < 1.29 is 19.1 Å². The van der Waals surface area contributed by atoms with Crippen LogP contribution in [0.3, 0.4) is 0 Å². The molecule has 0 radical (unpaired) electrons. The summed E-state index contributed by atoms with van der Waals surface area (Å²) in [4.78, 5) is 22.3. The lowest BCUT2D eigenvalue weighted by Gasteiger charge is -2.14. The SMILES string of the molecule is CCOC(CCCC(=O)Nc1cccc(CON=C(c2ccccc2)c2nnnn2C)n1)OC. The van der Waals surface area contributed by atoms with Crippen LogP contribution in [0.25, 0.3) is 0 Å². The zero-order valence-corrected chi connectivity index (χ0v) is 19.5. The number of oxime groups is 1. The van der Waals surface area contributed by atoms with Gasteiger partial charge in [-0.3, -0.25) is 4.79 Å². The number of tetrazole rings is 1. The number of nitrogens with zero attached hydrogens (tertiary/aromatic N) is 6. The van der Waals surface area contributed by atoms with Crippen molar-refractivity contribution in [2.24, 2.45) is 12.2 Å². The standard InChI is InChI=1S/C23H29N7O4/c1-4-33-21(32-3)15-9-14-20(31)25-19-13-8-12-18(24-19)16-34-27-22(17-10-6-5-7-11-17)23-26-28-29-30(23)2/h5-8,10-13,21H,4,9,14-16H2,1-3H3,(H,24,25,31). The summed E-state index contributed by atoms with van der Waals surface area (Å²) < 4.78 is 12.2. The summed E-state index contributed by atoms with van der Waals surface area (Å²) >= 11 is 0. The minimum Gasteiger partial charge on any atom is -0.389 e. The highest BCUT2D eigenvalue weighted by atomic mass is 16.7. The summed E-state index contributed by atoms with van der Waals surface area (Å²) in [5.41, 5.74) is 1.93. The maximum absolute atomic E-state index is 12.3. The minimum absolute atomic E-state index is 0.106. The van der Waals surface area contributed by atoms with Gasteiger partial charge in [0.1, 0.15) is 5.82 Å². The fraction of sp³-hybridized carbons (Fsp3) is 0.391. The van der Waals surface area contributed by atoms with Crippen molar-refractivity contribution in [1.29, 1.82) is 0 Å². The molecule has 0 bridgehead atoms. The van der Waals surface area contributed by atoms with Gasteiger partial charge in [0.15, 0.2) is 18.6 Å². The molecular formula is C23H29N7O4. The Balaban J connectivity index is 1.58. The first kappa shape index (κ1) is 24.9. The molecule has 180 valence electrons. The zero-order valence-electron chi connectivity index (χ0n) is 19.5. The highest BCUT2D eigenvalue weighted by Gasteiger charge is 2.15. The Morgan fingerprint density at radius 1 is 1.18 bits per heavy atom. The predicted octanol–water partition coefficient (Wildman–Crippen LogP) is 2.69. The molecule has 0 aliphatic carbocycles. The lowest BCUT2D eigenvalue weighted by molar-refractivity contribution is -0.126. The van der Waals surface area contributed by atoms with Crippen molar-refractivity contribution in [3.05, 3.63) is 65.6 Å². The molecule has 0 fully saturated rings. The Hall–Kier alpha value is -3.70. The van der Waals surface area contributed by atoms with Crippen LogP contribution in [0.5, 0.6) is 0 Å². The van der Waals surface area contributed by atoms with Crippen LogP contribution in [0.2, 0.25) is 0 Å². The number of carbonyl (C=O) groups excluding carboxylic acids is 1. The Kier molecular flexibility index (Phi) is 9.62. The molecule has 2 heterocycles. The summed E-state index contributed by atoms with van der Waals surface area (Å²) in [6.07, 6.45) is 1.32. The number of rotatable bonds is 13. The van der Waals surface area contributed by atoms with Gasteiger partial charge >= 0.3 is 0 Å². The molecule has 0 saturated carbocycles. The number of nitrogens with one attached hydrogen (secondary N) is 1. The molecule has 11 heteroatoms. The van der Waals surface area contributed by atoms with E-state index < -0.39 is 0 Å². The Bertz CT molecular complexity index is 1070. The lowest BCUT2D eigenvalue weighted by atomic mass is 10.1. The molecular weight excluding hydrogens is 438 g/mol. The molecule has 1 atom stereocenters. The van der Waals surface area contributed by atoms with Gasteiger partial charge in [-0.05, 0) is 42.3 Å². The Morgan fingerprint density at radius 3 is 2.71 bits per heavy atom. The number of hydrogen-bond acceptors (Lipinski definition) is 9. The predicted molar refractivity (Wildman–Crippen MR) is 125 cm³/mol. The minimum atomic E-state index is -0.296. The first-order valence-electron chi connectivity index (χ1n) is 11.0. The van der Waals surface area contributed by atoms with Crippen molar-refractivity contribution in [2.75, 3.05) is 19.0 Å². The van der Waals surface area contributed by atoms with E-state index in [2.05, 4.69) is 31.0 Å². The molecule has 2 aromatic heterocycles. The molecule has 0 aliphatic rings. The third kappa shape index (κ3) is 7.42. The maximum atomic E-state index is 12.3. The number of pyridine rings is 1. The summed E-state index contributed by atoms with van der Waals surface area (Å²) in [7, 11) is 3.32. The first-order valence-corrected chi connectivity index (χ1v) is 11.0. The van der Waals surface area contributed by atoms with Crippen molar-refractivity contribution in [1.82, 2.24) is 25.2 Å². The van der Waals surface area contributed by atoms with Gasteiger partial charge in [-0.1, -0.05) is 41.6 Å². The number of aromatic nitrogens is 5. The van der Waals surface area contributed by atoms with Crippen molar-refractivity contribution >= 4 is 17.4 Å². The molecule has 0 aliphatic heterocycles. The number of benzene rings is 1. The van der Waals surface area contributed by atoms with E-state index in [-0.39, 0.29) is 18.8 Å². The number of anilines is 1. The maximum Gasteiger partial charge on any atom is 0.225 e. The molecule has 3 rings (SSSR count). The highest BCUT2D eigenvalue weighted by molar-refractivity contribution is 6.10. The van der Waals surface area contributed by atoms with E-state index in [0.29, 0.717) is 48.9 Å². The average Bonchev–Trinajstić information content (AvgIpc) is 3.27. The normalized spacial score (nSPS) is 12.4. The lowest BCUT2D eigenvalue weighted by Crippen LogP contribution is -2.17. The molecule has 1 amide bonds. The molecule has 1 N–H and O–H groups in total. The summed E-state index contributed by atoms with van der Waals surface area (Å²) in [5.74, 6) is 0.792. The van der Waals surface area contributed by atoms with Gasteiger partial charge in [0.25, 0.3) is 0 Å². The van der Waals surface area contributed by atoms with Crippen LogP contribution < -0.4 is 5.32 Å². The molecule has 0 spiro atoms. The van der Waals surface area contributed by atoms with Gasteiger partial charge in [-0.15, -0.1) is 5.10 Å². The number of methoxy groups -OCH3 is 1. The monoisotopic (exact) mass is 467 g/mol. The number of amides is 1. The second kappa shape index (κ2) is 13.1. The second-order valence-corrected chi connectivity index (χ2v) is 7.28. The zero-order chi connectivity index (χ0) is 24.2. The van der Waals surface area contributed by atoms with Gasteiger partial charge in [-0.2, -0.15) is 0 Å².